The van der Waals surface area contributed by atoms with E-state index in [9.17, 15) is 9.59 Å². The molecule has 5 aromatic rings. The zero-order valence-corrected chi connectivity index (χ0v) is 22.0. The topological polar surface area (TPSA) is 85.7 Å². The highest BCUT2D eigenvalue weighted by molar-refractivity contribution is 7.07. The summed E-state index contributed by atoms with van der Waals surface area (Å²) in [5.74, 6) is 0.0797. The number of hydrogen-bond acceptors (Lipinski definition) is 6. The second-order valence-electron chi connectivity index (χ2n) is 8.99. The standard InChI is InChI=1S/C30H25N3O4S/c1-4-37-29(35)25-17(2)32-30-33(27(25)26-21-11-6-5-9-18(21)13-14-23(26)36-3)28(34)24(38-30)15-19-16-31-22-12-8-7-10-20(19)22/h5-16,27,31H,4H2,1-3H3/b24-15-/t27-/m1/s1. The van der Waals surface area contributed by atoms with Crippen LogP contribution in [0.5, 0.6) is 5.75 Å². The zero-order chi connectivity index (χ0) is 26.4. The van der Waals surface area contributed by atoms with Gasteiger partial charge in [0.05, 0.1) is 29.5 Å². The molecule has 0 saturated heterocycles. The Morgan fingerprint density at radius 2 is 1.87 bits per heavy atom. The number of H-pyrrole nitrogens is 1. The minimum atomic E-state index is -0.767. The zero-order valence-electron chi connectivity index (χ0n) is 21.1. The van der Waals surface area contributed by atoms with Crippen molar-refractivity contribution in [3.8, 4) is 5.75 Å². The van der Waals surface area contributed by atoms with Crippen molar-refractivity contribution in [2.45, 2.75) is 19.9 Å². The van der Waals surface area contributed by atoms with E-state index in [1.165, 1.54) is 11.3 Å². The summed E-state index contributed by atoms with van der Waals surface area (Å²) < 4.78 is 13.4. The average molecular weight is 524 g/mol. The predicted octanol–water partition coefficient (Wildman–Crippen LogP) is 4.44. The first-order valence-electron chi connectivity index (χ1n) is 12.3. The van der Waals surface area contributed by atoms with Gasteiger partial charge in [0.1, 0.15) is 11.8 Å². The summed E-state index contributed by atoms with van der Waals surface area (Å²) in [6.07, 6.45) is 3.77. The number of carbonyl (C=O) groups is 1. The maximum absolute atomic E-state index is 14.1. The molecular weight excluding hydrogens is 498 g/mol. The number of nitrogens with one attached hydrogen (secondary N) is 1. The minimum absolute atomic E-state index is 0.208. The van der Waals surface area contributed by atoms with Gasteiger partial charge in [-0.05, 0) is 42.8 Å². The van der Waals surface area contributed by atoms with Crippen molar-refractivity contribution in [2.24, 2.45) is 4.99 Å². The Morgan fingerprint density at radius 1 is 1.11 bits per heavy atom. The molecule has 0 spiro atoms. The number of benzene rings is 3. The third-order valence-corrected chi connectivity index (χ3v) is 7.83. The quantitative estimate of drug-likeness (QED) is 0.345. The molecule has 3 heterocycles. The van der Waals surface area contributed by atoms with E-state index in [0.717, 1.165) is 32.8 Å². The highest BCUT2D eigenvalue weighted by Gasteiger charge is 2.36. The number of carbonyl (C=O) groups excluding carboxylic acids is 1. The monoisotopic (exact) mass is 523 g/mol. The smallest absolute Gasteiger partial charge is 0.338 e. The normalized spacial score (nSPS) is 15.6. The molecule has 38 heavy (non-hydrogen) atoms. The number of rotatable bonds is 5. The van der Waals surface area contributed by atoms with Gasteiger partial charge < -0.3 is 14.5 Å². The van der Waals surface area contributed by atoms with Gasteiger partial charge in [0.2, 0.25) is 0 Å². The Hall–Kier alpha value is -4.43. The lowest BCUT2D eigenvalue weighted by atomic mass is 9.90. The number of methoxy groups -OCH3 is 1. The molecule has 1 aliphatic heterocycles. The van der Waals surface area contributed by atoms with Crippen LogP contribution in [-0.2, 0) is 9.53 Å². The van der Waals surface area contributed by atoms with Crippen molar-refractivity contribution < 1.29 is 14.3 Å². The van der Waals surface area contributed by atoms with Gasteiger partial charge in [-0.3, -0.25) is 9.36 Å². The molecule has 0 amide bonds. The van der Waals surface area contributed by atoms with E-state index in [1.54, 1.807) is 25.5 Å². The Labute approximate surface area is 222 Å². The van der Waals surface area contributed by atoms with E-state index in [0.29, 0.717) is 26.4 Å². The summed E-state index contributed by atoms with van der Waals surface area (Å²) in [5.41, 5.74) is 3.24. The fourth-order valence-corrected chi connectivity index (χ4v) is 6.19. The molecule has 0 fully saturated rings. The van der Waals surface area contributed by atoms with Gasteiger partial charge in [0.25, 0.3) is 5.56 Å². The average Bonchev–Trinajstić information content (AvgIpc) is 3.47. The molecule has 1 N–H and O–H groups in total. The van der Waals surface area contributed by atoms with Crippen LogP contribution in [0.3, 0.4) is 0 Å². The van der Waals surface area contributed by atoms with Gasteiger partial charge >= 0.3 is 5.97 Å². The lowest BCUT2D eigenvalue weighted by molar-refractivity contribution is -0.139. The van der Waals surface area contributed by atoms with Gasteiger partial charge in [-0.25, -0.2) is 9.79 Å². The maximum Gasteiger partial charge on any atom is 0.338 e. The van der Waals surface area contributed by atoms with Gasteiger partial charge in [0, 0.05) is 28.2 Å². The van der Waals surface area contributed by atoms with Gasteiger partial charge in [-0.1, -0.05) is 59.9 Å². The summed E-state index contributed by atoms with van der Waals surface area (Å²) in [6.45, 7) is 3.76. The van der Waals surface area contributed by atoms with Crippen LogP contribution < -0.4 is 19.6 Å². The third kappa shape index (κ3) is 3.76. The molecule has 8 heteroatoms. The maximum atomic E-state index is 14.1. The summed E-state index contributed by atoms with van der Waals surface area (Å²) in [6, 6.07) is 18.9. The van der Waals surface area contributed by atoms with E-state index in [4.69, 9.17) is 14.5 Å². The summed E-state index contributed by atoms with van der Waals surface area (Å²) in [7, 11) is 1.59. The molecule has 190 valence electrons. The van der Waals surface area contributed by atoms with Crippen LogP contribution in [0, 0.1) is 0 Å². The number of aromatic nitrogens is 2. The van der Waals surface area contributed by atoms with Crippen molar-refractivity contribution in [1.29, 1.82) is 0 Å². The van der Waals surface area contributed by atoms with E-state index in [2.05, 4.69) is 4.98 Å². The summed E-state index contributed by atoms with van der Waals surface area (Å²) in [4.78, 5) is 35.9. The molecule has 6 rings (SSSR count). The van der Waals surface area contributed by atoms with Crippen LogP contribution >= 0.6 is 11.3 Å². The van der Waals surface area contributed by atoms with Crippen LogP contribution in [0.1, 0.15) is 31.0 Å². The molecule has 0 saturated carbocycles. The molecule has 3 aromatic carbocycles. The number of aromatic amines is 1. The Bertz CT molecular complexity index is 1940. The van der Waals surface area contributed by atoms with E-state index in [-0.39, 0.29) is 12.2 Å². The minimum Gasteiger partial charge on any atom is -0.496 e. The second-order valence-corrected chi connectivity index (χ2v) is 10.0. The summed E-state index contributed by atoms with van der Waals surface area (Å²) in [5, 5.41) is 2.88. The molecule has 1 atom stereocenters. The van der Waals surface area contributed by atoms with E-state index >= 15 is 0 Å². The molecule has 2 aromatic heterocycles. The molecule has 0 radical (unpaired) electrons. The highest BCUT2D eigenvalue weighted by Crippen LogP contribution is 2.40. The molecule has 1 aliphatic rings. The van der Waals surface area contributed by atoms with Crippen molar-refractivity contribution in [3.05, 3.63) is 109 Å². The summed E-state index contributed by atoms with van der Waals surface area (Å²) >= 11 is 1.30. The first-order chi connectivity index (χ1) is 18.5. The van der Waals surface area contributed by atoms with Gasteiger partial charge in [-0.2, -0.15) is 0 Å². The number of hydrogen-bond donors (Lipinski definition) is 1. The Kier molecular flexibility index (Phi) is 5.96. The number of fused-ring (bicyclic) bond motifs is 3. The number of para-hydroxylation sites is 1. The number of allylic oxidation sites excluding steroid dienone is 1. The number of esters is 1. The van der Waals surface area contributed by atoms with Crippen LogP contribution in [0.4, 0.5) is 0 Å². The van der Waals surface area contributed by atoms with Gasteiger partial charge in [0.15, 0.2) is 4.80 Å². The van der Waals surface area contributed by atoms with Crippen LogP contribution in [-0.4, -0.2) is 29.2 Å². The highest BCUT2D eigenvalue weighted by atomic mass is 32.1. The molecular formula is C30H25N3O4S. The van der Waals surface area contributed by atoms with Crippen LogP contribution in [0.2, 0.25) is 0 Å². The van der Waals surface area contributed by atoms with E-state index < -0.39 is 12.0 Å². The van der Waals surface area contributed by atoms with Crippen molar-refractivity contribution in [2.75, 3.05) is 13.7 Å². The lowest BCUT2D eigenvalue weighted by Crippen LogP contribution is -2.40. The first-order valence-corrected chi connectivity index (χ1v) is 13.1. The SMILES string of the molecule is CCOC(=O)C1=C(C)N=c2s/c(=C\c3c[nH]c4ccccc34)c(=O)n2[C@H]1c1c(OC)ccc2ccccc12. The molecule has 0 aliphatic carbocycles. The van der Waals surface area contributed by atoms with Crippen molar-refractivity contribution >= 4 is 45.1 Å². The Morgan fingerprint density at radius 3 is 2.66 bits per heavy atom. The fourth-order valence-electron chi connectivity index (χ4n) is 5.15. The largest absolute Gasteiger partial charge is 0.496 e. The van der Waals surface area contributed by atoms with E-state index in [1.807, 2.05) is 72.9 Å². The second kappa shape index (κ2) is 9.46. The number of nitrogens with zero attached hydrogens (tertiary/aromatic N) is 2. The Balaban J connectivity index is 1.67. The number of ether oxygens (including phenoxy) is 2. The molecule has 0 bridgehead atoms. The van der Waals surface area contributed by atoms with Crippen LogP contribution in [0.25, 0.3) is 27.8 Å². The third-order valence-electron chi connectivity index (χ3n) is 6.85. The fraction of sp³-hybridized carbons (Fsp3) is 0.167. The van der Waals surface area contributed by atoms with Crippen molar-refractivity contribution in [3.63, 3.8) is 0 Å². The first kappa shape index (κ1) is 23.9. The molecule has 0 unspecified atom stereocenters. The lowest BCUT2D eigenvalue weighted by Gasteiger charge is -2.27. The molecule has 7 nitrogen and oxygen atoms in total. The van der Waals surface area contributed by atoms with Crippen LogP contribution in [0.15, 0.2) is 87.9 Å². The number of thiazole rings is 1. The van der Waals surface area contributed by atoms with Crippen molar-refractivity contribution in [1.82, 2.24) is 9.55 Å². The predicted molar refractivity (Wildman–Crippen MR) is 149 cm³/mol. The van der Waals surface area contributed by atoms with Gasteiger partial charge in [-0.15, -0.1) is 0 Å².